The van der Waals surface area contributed by atoms with Gasteiger partial charge in [-0.3, -0.25) is 9.36 Å². The number of thioether (sulfide) groups is 1. The third-order valence-electron chi connectivity index (χ3n) is 5.14. The van der Waals surface area contributed by atoms with Gasteiger partial charge >= 0.3 is 5.97 Å². The summed E-state index contributed by atoms with van der Waals surface area (Å²) in [4.78, 5) is 23.3. The lowest BCUT2D eigenvalue weighted by Crippen LogP contribution is -2.20. The van der Waals surface area contributed by atoms with Crippen LogP contribution in [-0.4, -0.2) is 56.9 Å². The first-order valence-corrected chi connectivity index (χ1v) is 13.1. The van der Waals surface area contributed by atoms with Crippen molar-refractivity contribution in [3.05, 3.63) is 83.4 Å². The highest BCUT2D eigenvalue weighted by molar-refractivity contribution is 7.99. The molecule has 12 heteroatoms. The summed E-state index contributed by atoms with van der Waals surface area (Å²) >= 11 is 7.26. The van der Waals surface area contributed by atoms with Gasteiger partial charge in [-0.25, -0.2) is 10.2 Å². The number of hydrazone groups is 1. The van der Waals surface area contributed by atoms with E-state index < -0.39 is 12.6 Å². The van der Waals surface area contributed by atoms with Crippen LogP contribution < -0.4 is 14.9 Å². The largest absolute Gasteiger partial charge is 0.494 e. The van der Waals surface area contributed by atoms with Crippen LogP contribution in [0.4, 0.5) is 0 Å². The van der Waals surface area contributed by atoms with Crippen LogP contribution in [0, 0.1) is 0 Å². The molecule has 200 valence electrons. The van der Waals surface area contributed by atoms with Gasteiger partial charge in [0.2, 0.25) is 0 Å². The molecule has 0 aliphatic carbocycles. The number of carbonyl (C=O) groups is 2. The Labute approximate surface area is 233 Å². The van der Waals surface area contributed by atoms with Gasteiger partial charge in [0.1, 0.15) is 11.5 Å². The summed E-state index contributed by atoms with van der Waals surface area (Å²) in [5, 5.41) is 22.6. The minimum Gasteiger partial charge on any atom is -0.494 e. The highest BCUT2D eigenvalue weighted by atomic mass is 35.5. The molecule has 0 aliphatic rings. The third-order valence-corrected chi connectivity index (χ3v) is 6.32. The van der Waals surface area contributed by atoms with Crippen LogP contribution in [0.2, 0.25) is 5.02 Å². The fourth-order valence-corrected chi connectivity index (χ4v) is 4.30. The van der Waals surface area contributed by atoms with E-state index in [0.29, 0.717) is 33.9 Å². The Morgan fingerprint density at radius 3 is 2.51 bits per heavy atom. The van der Waals surface area contributed by atoms with Crippen molar-refractivity contribution in [2.75, 3.05) is 19.0 Å². The Bertz CT molecular complexity index is 1460. The molecule has 0 fully saturated rings. The number of halogens is 1. The van der Waals surface area contributed by atoms with Gasteiger partial charge in [-0.2, -0.15) is 5.10 Å². The number of hydrogen-bond donors (Lipinski definition) is 2. The number of benzene rings is 3. The lowest BCUT2D eigenvalue weighted by molar-refractivity contribution is -0.139. The Hall–Kier alpha value is -4.35. The number of nitrogens with one attached hydrogen (secondary N) is 1. The molecule has 1 aromatic heterocycles. The van der Waals surface area contributed by atoms with Crippen LogP contribution in [0.5, 0.6) is 11.5 Å². The number of para-hydroxylation sites is 1. The topological polar surface area (TPSA) is 128 Å². The van der Waals surface area contributed by atoms with Crippen molar-refractivity contribution in [2.24, 2.45) is 5.10 Å². The molecule has 1 amide bonds. The van der Waals surface area contributed by atoms with E-state index in [1.165, 1.54) is 18.0 Å². The monoisotopic (exact) mass is 565 g/mol. The smallest absolute Gasteiger partial charge is 0.341 e. The van der Waals surface area contributed by atoms with Crippen molar-refractivity contribution in [3.63, 3.8) is 0 Å². The van der Waals surface area contributed by atoms with Gasteiger partial charge in [-0.15, -0.1) is 10.2 Å². The second-order valence-corrected chi connectivity index (χ2v) is 9.26. The van der Waals surface area contributed by atoms with E-state index in [0.717, 1.165) is 17.0 Å². The number of aromatic nitrogens is 3. The van der Waals surface area contributed by atoms with E-state index in [-0.39, 0.29) is 11.7 Å². The van der Waals surface area contributed by atoms with Crippen LogP contribution in [0.3, 0.4) is 0 Å². The van der Waals surface area contributed by atoms with E-state index in [2.05, 4.69) is 20.7 Å². The lowest BCUT2D eigenvalue weighted by atomic mass is 10.2. The average Bonchev–Trinajstić information content (AvgIpc) is 3.36. The molecule has 3 aromatic carbocycles. The highest BCUT2D eigenvalue weighted by Crippen LogP contribution is 2.29. The van der Waals surface area contributed by atoms with Gasteiger partial charge in [0.25, 0.3) is 5.91 Å². The fourth-order valence-electron chi connectivity index (χ4n) is 3.43. The van der Waals surface area contributed by atoms with E-state index in [9.17, 15) is 9.59 Å². The number of hydrogen-bond acceptors (Lipinski definition) is 8. The van der Waals surface area contributed by atoms with Crippen LogP contribution in [0.25, 0.3) is 17.1 Å². The molecule has 2 N–H and O–H groups in total. The number of nitrogens with zero attached hydrogens (tertiary/aromatic N) is 4. The maximum absolute atomic E-state index is 12.5. The predicted molar refractivity (Wildman–Crippen MR) is 149 cm³/mol. The summed E-state index contributed by atoms with van der Waals surface area (Å²) < 4.78 is 12.7. The number of rotatable bonds is 12. The van der Waals surface area contributed by atoms with E-state index in [4.69, 9.17) is 26.2 Å². The number of carboxylic acids is 1. The predicted octanol–water partition coefficient (Wildman–Crippen LogP) is 4.69. The molecule has 0 bridgehead atoms. The Balaban J connectivity index is 1.48. The Kier molecular flexibility index (Phi) is 9.54. The summed E-state index contributed by atoms with van der Waals surface area (Å²) in [6.07, 6.45) is 1.39. The minimum absolute atomic E-state index is 0.0181. The number of ether oxygens (including phenoxy) is 2. The van der Waals surface area contributed by atoms with E-state index in [1.54, 1.807) is 36.4 Å². The normalized spacial score (nSPS) is 10.9. The average molecular weight is 566 g/mol. The molecule has 0 aliphatic heterocycles. The summed E-state index contributed by atoms with van der Waals surface area (Å²) in [6, 6.07) is 21.5. The molecule has 0 unspecified atom stereocenters. The first-order chi connectivity index (χ1) is 18.9. The molecule has 0 saturated carbocycles. The quantitative estimate of drug-likeness (QED) is 0.144. The number of carbonyl (C=O) groups excluding carboxylic acids is 1. The molecule has 39 heavy (non-hydrogen) atoms. The minimum atomic E-state index is -1.09. The van der Waals surface area contributed by atoms with Crippen molar-refractivity contribution < 1.29 is 24.2 Å². The molecular weight excluding hydrogens is 542 g/mol. The summed E-state index contributed by atoms with van der Waals surface area (Å²) in [5.41, 5.74) is 4.60. The van der Waals surface area contributed by atoms with Gasteiger partial charge in [0, 0.05) is 21.8 Å². The van der Waals surface area contributed by atoms with Crippen molar-refractivity contribution in [1.82, 2.24) is 20.2 Å². The molecule has 10 nitrogen and oxygen atoms in total. The standard InChI is InChI=1S/C27H24ClN5O5S/c1-2-37-22-13-11-21(12-14-22)33-26(18-7-9-20(28)10-8-18)31-32-27(33)39-17-24(34)30-29-15-19-5-3-4-6-23(19)38-16-25(35)36/h3-15H,2,16-17H2,1H3,(H,30,34)(H,35,36). The number of carboxylic acid groups (broad SMARTS) is 1. The molecule has 0 atom stereocenters. The fraction of sp³-hybridized carbons (Fsp3) is 0.148. The summed E-state index contributed by atoms with van der Waals surface area (Å²) in [7, 11) is 0. The molecule has 0 saturated heterocycles. The number of aliphatic carboxylic acids is 1. The van der Waals surface area contributed by atoms with E-state index >= 15 is 0 Å². The van der Waals surface area contributed by atoms with E-state index in [1.807, 2.05) is 47.9 Å². The maximum atomic E-state index is 12.5. The highest BCUT2D eigenvalue weighted by Gasteiger charge is 2.17. The molecule has 1 heterocycles. The van der Waals surface area contributed by atoms with Gasteiger partial charge in [0.15, 0.2) is 17.6 Å². The number of amides is 1. The zero-order valence-corrected chi connectivity index (χ0v) is 22.4. The molecule has 0 spiro atoms. The lowest BCUT2D eigenvalue weighted by Gasteiger charge is -2.11. The SMILES string of the molecule is CCOc1ccc(-n2c(SCC(=O)NN=Cc3ccccc3OCC(=O)O)nnc2-c2ccc(Cl)cc2)cc1. The molecule has 4 aromatic rings. The van der Waals surface area contributed by atoms with Gasteiger partial charge in [-0.1, -0.05) is 35.5 Å². The van der Waals surface area contributed by atoms with Gasteiger partial charge < -0.3 is 14.6 Å². The van der Waals surface area contributed by atoms with Crippen LogP contribution >= 0.6 is 23.4 Å². The van der Waals surface area contributed by atoms with Crippen LogP contribution in [0.15, 0.2) is 83.1 Å². The summed E-state index contributed by atoms with van der Waals surface area (Å²) in [5.74, 6) is 0.229. The van der Waals surface area contributed by atoms with Crippen molar-refractivity contribution in [1.29, 1.82) is 0 Å². The first-order valence-electron chi connectivity index (χ1n) is 11.8. The molecular formula is C27H24ClN5O5S. The van der Waals surface area contributed by atoms with Gasteiger partial charge in [0.05, 0.1) is 18.6 Å². The van der Waals surface area contributed by atoms with Crippen molar-refractivity contribution in [3.8, 4) is 28.6 Å². The Morgan fingerprint density at radius 1 is 1.05 bits per heavy atom. The summed E-state index contributed by atoms with van der Waals surface area (Å²) in [6.45, 7) is 1.99. The van der Waals surface area contributed by atoms with Crippen LogP contribution in [0.1, 0.15) is 12.5 Å². The Morgan fingerprint density at radius 2 is 1.79 bits per heavy atom. The maximum Gasteiger partial charge on any atom is 0.341 e. The second kappa shape index (κ2) is 13.4. The van der Waals surface area contributed by atoms with Crippen LogP contribution in [-0.2, 0) is 9.59 Å². The first kappa shape index (κ1) is 27.7. The van der Waals surface area contributed by atoms with Crippen molar-refractivity contribution >= 4 is 41.5 Å². The molecule has 4 rings (SSSR count). The zero-order chi connectivity index (χ0) is 27.6. The van der Waals surface area contributed by atoms with Gasteiger partial charge in [-0.05, 0) is 67.6 Å². The third kappa shape index (κ3) is 7.59. The zero-order valence-electron chi connectivity index (χ0n) is 20.8. The second-order valence-electron chi connectivity index (χ2n) is 7.88. The molecule has 0 radical (unpaired) electrons. The van der Waals surface area contributed by atoms with Crippen molar-refractivity contribution in [2.45, 2.75) is 12.1 Å².